The molecule has 0 radical (unpaired) electrons. The van der Waals surface area contributed by atoms with E-state index in [9.17, 15) is 19.8 Å². The SMILES string of the molecule is CCCCCCCCC/C=C/C=C/CCCCCC(=O)OC(CCCCCCCCC)CC(=O)NC(CO)C(O)CCCCCCCCCCCCCC. The molecule has 6 heteroatoms. The molecule has 0 spiro atoms. The van der Waals surface area contributed by atoms with Crippen LogP contribution < -0.4 is 5.32 Å². The Hall–Kier alpha value is -1.66. The molecule has 0 aromatic rings. The molecule has 3 N–H and O–H groups in total. The zero-order chi connectivity index (χ0) is 39.6. The fourth-order valence-corrected chi connectivity index (χ4v) is 7.19. The van der Waals surface area contributed by atoms with E-state index in [4.69, 9.17) is 4.74 Å². The Morgan fingerprint density at radius 1 is 0.537 bits per heavy atom. The molecule has 0 aromatic carbocycles. The smallest absolute Gasteiger partial charge is 0.306 e. The van der Waals surface area contributed by atoms with Gasteiger partial charge in [0.1, 0.15) is 6.10 Å². The fourth-order valence-electron chi connectivity index (χ4n) is 7.19. The highest BCUT2D eigenvalue weighted by atomic mass is 16.5. The normalized spacial score (nSPS) is 13.5. The lowest BCUT2D eigenvalue weighted by Gasteiger charge is -2.24. The first-order chi connectivity index (χ1) is 26.5. The molecule has 0 saturated heterocycles. The Kier molecular flexibility index (Phi) is 41.2. The summed E-state index contributed by atoms with van der Waals surface area (Å²) >= 11 is 0. The van der Waals surface area contributed by atoms with Crippen molar-refractivity contribution in [3.05, 3.63) is 24.3 Å². The molecule has 0 heterocycles. The topological polar surface area (TPSA) is 95.9 Å². The molecule has 0 bridgehead atoms. The van der Waals surface area contributed by atoms with Gasteiger partial charge in [0.05, 0.1) is 25.2 Å². The molecule has 3 atom stereocenters. The minimum absolute atomic E-state index is 0.0701. The van der Waals surface area contributed by atoms with Gasteiger partial charge < -0.3 is 20.3 Å². The summed E-state index contributed by atoms with van der Waals surface area (Å²) in [6, 6.07) is -0.699. The first-order valence-corrected chi connectivity index (χ1v) is 23.6. The number of carbonyl (C=O) groups is 2. The maximum Gasteiger partial charge on any atom is 0.306 e. The number of aliphatic hydroxyl groups is 2. The summed E-state index contributed by atoms with van der Waals surface area (Å²) in [6.45, 7) is 6.43. The number of hydrogen-bond acceptors (Lipinski definition) is 5. The van der Waals surface area contributed by atoms with Crippen LogP contribution in [0.25, 0.3) is 0 Å². The van der Waals surface area contributed by atoms with Crippen molar-refractivity contribution in [2.45, 2.75) is 264 Å². The van der Waals surface area contributed by atoms with Crippen molar-refractivity contribution in [1.29, 1.82) is 0 Å². The van der Waals surface area contributed by atoms with E-state index in [1.165, 1.54) is 135 Å². The van der Waals surface area contributed by atoms with Crippen molar-refractivity contribution < 1.29 is 24.5 Å². The van der Waals surface area contributed by atoms with Crippen LogP contribution in [0.3, 0.4) is 0 Å². The van der Waals surface area contributed by atoms with Gasteiger partial charge in [0, 0.05) is 6.42 Å². The third kappa shape index (κ3) is 37.3. The van der Waals surface area contributed by atoms with E-state index in [0.717, 1.165) is 64.2 Å². The zero-order valence-corrected chi connectivity index (χ0v) is 36.1. The van der Waals surface area contributed by atoms with Gasteiger partial charge in [0.15, 0.2) is 0 Å². The van der Waals surface area contributed by atoms with Crippen LogP contribution in [-0.2, 0) is 14.3 Å². The van der Waals surface area contributed by atoms with Gasteiger partial charge in [0.2, 0.25) is 5.91 Å². The van der Waals surface area contributed by atoms with E-state index in [-0.39, 0.29) is 24.9 Å². The van der Waals surface area contributed by atoms with Gasteiger partial charge in [-0.15, -0.1) is 0 Å². The van der Waals surface area contributed by atoms with Crippen LogP contribution >= 0.6 is 0 Å². The molecule has 1 amide bonds. The van der Waals surface area contributed by atoms with Gasteiger partial charge in [-0.3, -0.25) is 9.59 Å². The maximum atomic E-state index is 13.1. The first-order valence-electron chi connectivity index (χ1n) is 23.6. The molecule has 0 rings (SSSR count). The number of allylic oxidation sites excluding steroid dienone is 4. The average molecular weight is 762 g/mol. The van der Waals surface area contributed by atoms with Gasteiger partial charge in [-0.05, 0) is 51.4 Å². The highest BCUT2D eigenvalue weighted by Gasteiger charge is 2.24. The van der Waals surface area contributed by atoms with Gasteiger partial charge in [-0.1, -0.05) is 206 Å². The van der Waals surface area contributed by atoms with Crippen LogP contribution in [-0.4, -0.2) is 46.9 Å². The summed E-state index contributed by atoms with van der Waals surface area (Å²) in [5.41, 5.74) is 0. The van der Waals surface area contributed by atoms with Crippen molar-refractivity contribution in [2.75, 3.05) is 6.61 Å². The summed E-state index contributed by atoms with van der Waals surface area (Å²) in [5.74, 6) is -0.503. The Bertz CT molecular complexity index is 858. The van der Waals surface area contributed by atoms with E-state index in [1.807, 2.05) is 0 Å². The van der Waals surface area contributed by atoms with Crippen LogP contribution in [0.1, 0.15) is 245 Å². The average Bonchev–Trinajstić information content (AvgIpc) is 3.16. The molecular formula is C48H91NO5. The number of ether oxygens (including phenoxy) is 1. The van der Waals surface area contributed by atoms with Crippen molar-refractivity contribution in [2.24, 2.45) is 0 Å². The highest BCUT2D eigenvalue weighted by molar-refractivity contribution is 5.77. The molecule has 0 aliphatic rings. The molecule has 0 fully saturated rings. The Morgan fingerprint density at radius 2 is 0.926 bits per heavy atom. The van der Waals surface area contributed by atoms with Crippen molar-refractivity contribution in [1.82, 2.24) is 5.32 Å². The maximum absolute atomic E-state index is 13.1. The van der Waals surface area contributed by atoms with Gasteiger partial charge >= 0.3 is 5.97 Å². The van der Waals surface area contributed by atoms with Crippen LogP contribution in [0.15, 0.2) is 24.3 Å². The molecule has 318 valence electrons. The van der Waals surface area contributed by atoms with Gasteiger partial charge in [-0.25, -0.2) is 0 Å². The predicted octanol–water partition coefficient (Wildman–Crippen LogP) is 13.6. The van der Waals surface area contributed by atoms with Crippen LogP contribution in [0.4, 0.5) is 0 Å². The van der Waals surface area contributed by atoms with E-state index >= 15 is 0 Å². The van der Waals surface area contributed by atoms with Crippen molar-refractivity contribution in [3.8, 4) is 0 Å². The predicted molar refractivity (Wildman–Crippen MR) is 232 cm³/mol. The largest absolute Gasteiger partial charge is 0.462 e. The number of amides is 1. The van der Waals surface area contributed by atoms with E-state index in [2.05, 4.69) is 50.4 Å². The molecule has 0 aliphatic carbocycles. The number of unbranched alkanes of at least 4 members (excludes halogenated alkanes) is 27. The summed E-state index contributed by atoms with van der Waals surface area (Å²) in [4.78, 5) is 25.9. The standard InChI is InChI=1S/C48H91NO5/c1-4-7-10-13-16-18-20-22-23-24-25-27-29-32-35-38-41-48(53)54-44(39-36-33-30-15-12-9-6-3)42-47(52)49-45(43-50)46(51)40-37-34-31-28-26-21-19-17-14-11-8-5-2/h23-25,27,44-46,50-51H,4-22,26,28-43H2,1-3H3,(H,49,52)/b24-23+,27-25+. The second kappa shape index (κ2) is 42.5. The number of hydrogen-bond donors (Lipinski definition) is 3. The minimum atomic E-state index is -0.785. The van der Waals surface area contributed by atoms with Gasteiger partial charge in [0.25, 0.3) is 0 Å². The lowest BCUT2D eigenvalue weighted by molar-refractivity contribution is -0.151. The molecular weight excluding hydrogens is 671 g/mol. The summed E-state index contributed by atoms with van der Waals surface area (Å²) in [6.07, 6.45) is 46.8. The highest BCUT2D eigenvalue weighted by Crippen LogP contribution is 2.17. The molecule has 6 nitrogen and oxygen atoms in total. The Labute approximate surface area is 335 Å². The monoisotopic (exact) mass is 762 g/mol. The van der Waals surface area contributed by atoms with Crippen LogP contribution in [0, 0.1) is 0 Å². The summed E-state index contributed by atoms with van der Waals surface area (Å²) < 4.78 is 5.87. The first kappa shape index (κ1) is 52.3. The number of rotatable bonds is 42. The van der Waals surface area contributed by atoms with E-state index < -0.39 is 18.2 Å². The minimum Gasteiger partial charge on any atom is -0.462 e. The third-order valence-corrected chi connectivity index (χ3v) is 10.8. The number of aliphatic hydroxyl groups excluding tert-OH is 2. The zero-order valence-electron chi connectivity index (χ0n) is 36.1. The quantitative estimate of drug-likeness (QED) is 0.0327. The van der Waals surface area contributed by atoms with Crippen LogP contribution in [0.5, 0.6) is 0 Å². The molecule has 0 aliphatic heterocycles. The molecule has 54 heavy (non-hydrogen) atoms. The van der Waals surface area contributed by atoms with Crippen molar-refractivity contribution in [3.63, 3.8) is 0 Å². The molecule has 3 unspecified atom stereocenters. The second-order valence-corrected chi connectivity index (χ2v) is 16.2. The lowest BCUT2D eigenvalue weighted by atomic mass is 10.0. The van der Waals surface area contributed by atoms with Gasteiger partial charge in [-0.2, -0.15) is 0 Å². The number of nitrogens with one attached hydrogen (secondary N) is 1. The lowest BCUT2D eigenvalue weighted by Crippen LogP contribution is -2.46. The van der Waals surface area contributed by atoms with E-state index in [0.29, 0.717) is 19.3 Å². The summed E-state index contributed by atoms with van der Waals surface area (Å²) in [5, 5.41) is 23.6. The molecule has 0 saturated carbocycles. The Morgan fingerprint density at radius 3 is 1.37 bits per heavy atom. The summed E-state index contributed by atoms with van der Waals surface area (Å²) in [7, 11) is 0. The van der Waals surface area contributed by atoms with Crippen LogP contribution in [0.2, 0.25) is 0 Å². The second-order valence-electron chi connectivity index (χ2n) is 16.2. The molecule has 0 aromatic heterocycles. The Balaban J connectivity index is 4.45. The number of esters is 1. The third-order valence-electron chi connectivity index (χ3n) is 10.8. The van der Waals surface area contributed by atoms with E-state index in [1.54, 1.807) is 0 Å². The van der Waals surface area contributed by atoms with Crippen molar-refractivity contribution >= 4 is 11.9 Å². The fraction of sp³-hybridized carbons (Fsp3) is 0.875. The number of carbonyl (C=O) groups excluding carboxylic acids is 2.